The molecule has 1 aliphatic carbocycles. The zero-order valence-corrected chi connectivity index (χ0v) is 22.6. The Balaban J connectivity index is 1.28. The van der Waals surface area contributed by atoms with E-state index in [1.807, 2.05) is 23.1 Å². The molecule has 1 saturated carbocycles. The molecule has 2 amide bonds. The van der Waals surface area contributed by atoms with Gasteiger partial charge in [0.2, 0.25) is 0 Å². The Bertz CT molecular complexity index is 1600. The zero-order chi connectivity index (χ0) is 28.5. The van der Waals surface area contributed by atoms with Crippen molar-refractivity contribution in [3.8, 4) is 17.0 Å². The van der Waals surface area contributed by atoms with E-state index < -0.39 is 18.1 Å². The molecule has 41 heavy (non-hydrogen) atoms. The summed E-state index contributed by atoms with van der Waals surface area (Å²) in [6, 6.07) is 10.5. The van der Waals surface area contributed by atoms with Gasteiger partial charge in [0, 0.05) is 57.5 Å². The third-order valence-electron chi connectivity index (χ3n) is 7.17. The van der Waals surface area contributed by atoms with Crippen LogP contribution in [0.3, 0.4) is 0 Å². The molecule has 0 unspecified atom stereocenters. The van der Waals surface area contributed by atoms with Crippen LogP contribution >= 0.6 is 0 Å². The summed E-state index contributed by atoms with van der Waals surface area (Å²) in [4.78, 5) is 36.3. The molecule has 212 valence electrons. The smallest absolute Gasteiger partial charge is 0.271 e. The van der Waals surface area contributed by atoms with Crippen LogP contribution in [-0.4, -0.2) is 88.8 Å². The molecule has 13 heteroatoms. The number of nitrogens with zero attached hydrogens (tertiary/aromatic N) is 5. The van der Waals surface area contributed by atoms with Crippen LogP contribution in [0.15, 0.2) is 48.8 Å². The molecule has 0 bridgehead atoms. The molecular weight excluding hydrogens is 529 g/mol. The second kappa shape index (κ2) is 11.0. The van der Waals surface area contributed by atoms with Gasteiger partial charge >= 0.3 is 0 Å². The van der Waals surface area contributed by atoms with Crippen LogP contribution in [0, 0.1) is 0 Å². The van der Waals surface area contributed by atoms with Gasteiger partial charge < -0.3 is 30.9 Å². The molecular formula is C28H30FN9O3. The minimum absolute atomic E-state index is 0.0380. The largest absolute Gasteiger partial charge is 0.494 e. The number of aromatic nitrogens is 4. The van der Waals surface area contributed by atoms with Gasteiger partial charge in [-0.05, 0) is 24.3 Å². The van der Waals surface area contributed by atoms with Crippen molar-refractivity contribution in [2.75, 3.05) is 51.0 Å². The molecule has 0 spiro atoms. The average Bonchev–Trinajstić information content (AvgIpc) is 3.52. The number of carbonyl (C=O) groups is 2. The van der Waals surface area contributed by atoms with E-state index >= 15 is 0 Å². The van der Waals surface area contributed by atoms with E-state index in [2.05, 4.69) is 36.3 Å². The number of para-hydroxylation sites is 1. The Kier molecular flexibility index (Phi) is 7.10. The number of rotatable bonds is 8. The fraction of sp³-hybridized carbons (Fsp3) is 0.321. The molecule has 4 heterocycles. The fourth-order valence-electron chi connectivity index (χ4n) is 4.85. The van der Waals surface area contributed by atoms with E-state index in [0.717, 1.165) is 18.7 Å². The maximum absolute atomic E-state index is 13.4. The quantitative estimate of drug-likeness (QED) is 0.257. The molecule has 12 nitrogen and oxygen atoms in total. The highest BCUT2D eigenvalue weighted by Crippen LogP contribution is 2.37. The number of methoxy groups -OCH3 is 1. The summed E-state index contributed by atoms with van der Waals surface area (Å²) in [5.41, 5.74) is 3.80. The SMILES string of the molecule is CNc1cc(Nc2cccc(-c3ccc(C(=O)N4CCNCC4)cn3)c2OC)nn2c(C(=O)N[C@@H]3C[C@@H]3F)cnc12. The number of hydrogen-bond donors (Lipinski definition) is 4. The van der Waals surface area contributed by atoms with E-state index in [4.69, 9.17) is 4.74 Å². The van der Waals surface area contributed by atoms with Crippen LogP contribution in [0.1, 0.15) is 27.3 Å². The van der Waals surface area contributed by atoms with Gasteiger partial charge in [-0.15, -0.1) is 5.10 Å². The van der Waals surface area contributed by atoms with Crippen molar-refractivity contribution < 1.29 is 18.7 Å². The van der Waals surface area contributed by atoms with Gasteiger partial charge in [-0.3, -0.25) is 14.6 Å². The topological polar surface area (TPSA) is 138 Å². The Morgan fingerprint density at radius 2 is 1.90 bits per heavy atom. The van der Waals surface area contributed by atoms with Crippen LogP contribution in [-0.2, 0) is 0 Å². The summed E-state index contributed by atoms with van der Waals surface area (Å²) in [5.74, 6) is 0.465. The fourth-order valence-corrected chi connectivity index (χ4v) is 4.85. The highest BCUT2D eigenvalue weighted by atomic mass is 19.1. The summed E-state index contributed by atoms with van der Waals surface area (Å²) in [5, 5.41) is 16.9. The summed E-state index contributed by atoms with van der Waals surface area (Å²) in [7, 11) is 3.31. The lowest BCUT2D eigenvalue weighted by Crippen LogP contribution is -2.46. The lowest BCUT2D eigenvalue weighted by Gasteiger charge is -2.27. The normalized spacial score (nSPS) is 18.2. The number of amides is 2. The molecule has 6 rings (SSSR count). The van der Waals surface area contributed by atoms with Gasteiger partial charge in [0.05, 0.1) is 42.0 Å². The van der Waals surface area contributed by atoms with E-state index in [1.165, 1.54) is 10.7 Å². The van der Waals surface area contributed by atoms with E-state index in [1.54, 1.807) is 38.6 Å². The maximum atomic E-state index is 13.4. The minimum Gasteiger partial charge on any atom is -0.494 e. The number of hydrogen-bond acceptors (Lipinski definition) is 9. The van der Waals surface area contributed by atoms with Crippen LogP contribution in [0.5, 0.6) is 5.75 Å². The van der Waals surface area contributed by atoms with Crippen molar-refractivity contribution in [2.45, 2.75) is 18.6 Å². The van der Waals surface area contributed by atoms with Gasteiger partial charge in [0.25, 0.3) is 11.8 Å². The van der Waals surface area contributed by atoms with Gasteiger partial charge in [0.1, 0.15) is 6.17 Å². The number of ether oxygens (including phenoxy) is 1. The predicted molar refractivity (Wildman–Crippen MR) is 152 cm³/mol. The first-order chi connectivity index (χ1) is 20.0. The number of fused-ring (bicyclic) bond motifs is 1. The molecule has 2 aliphatic rings. The average molecular weight is 560 g/mol. The second-order valence-electron chi connectivity index (χ2n) is 9.89. The van der Waals surface area contributed by atoms with Crippen molar-refractivity contribution in [1.82, 2.24) is 35.1 Å². The number of carbonyl (C=O) groups excluding carboxylic acids is 2. The lowest BCUT2D eigenvalue weighted by molar-refractivity contribution is 0.0735. The number of pyridine rings is 1. The van der Waals surface area contributed by atoms with Crippen LogP contribution < -0.4 is 26.0 Å². The standard InChI is InChI=1S/C28H30FN9O3/c1-30-22-13-24(36-38-23(15-33-26(22)38)27(39)35-21-12-18(21)29)34-20-5-3-4-17(25(20)41-2)19-7-6-16(14-32-19)28(40)37-10-8-31-9-11-37/h3-7,13-15,18,21,30-31H,8-12H2,1-2H3,(H,34,36)(H,35,39)/t18-,21+/m0/s1. The minimum atomic E-state index is -1.02. The van der Waals surface area contributed by atoms with Gasteiger partial charge in [0.15, 0.2) is 22.9 Å². The predicted octanol–water partition coefficient (Wildman–Crippen LogP) is 2.47. The van der Waals surface area contributed by atoms with Crippen molar-refractivity contribution in [2.24, 2.45) is 0 Å². The Labute approximate surface area is 235 Å². The maximum Gasteiger partial charge on any atom is 0.271 e. The summed E-state index contributed by atoms with van der Waals surface area (Å²) in [6.45, 7) is 2.89. The van der Waals surface area contributed by atoms with Gasteiger partial charge in [-0.25, -0.2) is 13.9 Å². The first kappa shape index (κ1) is 26.4. The molecule has 1 saturated heterocycles. The second-order valence-corrected chi connectivity index (χ2v) is 9.89. The Morgan fingerprint density at radius 3 is 2.59 bits per heavy atom. The van der Waals surface area contributed by atoms with Crippen LogP contribution in [0.4, 0.5) is 21.6 Å². The summed E-state index contributed by atoms with van der Waals surface area (Å²) in [6.07, 6.45) is 2.30. The Hall–Kier alpha value is -4.78. The third kappa shape index (κ3) is 5.23. The zero-order valence-electron chi connectivity index (χ0n) is 22.6. The van der Waals surface area contributed by atoms with Crippen molar-refractivity contribution in [1.29, 1.82) is 0 Å². The van der Waals surface area contributed by atoms with Crippen molar-refractivity contribution in [3.63, 3.8) is 0 Å². The van der Waals surface area contributed by atoms with Gasteiger partial charge in [-0.2, -0.15) is 0 Å². The number of imidazole rings is 1. The molecule has 3 aromatic heterocycles. The first-order valence-corrected chi connectivity index (χ1v) is 13.4. The first-order valence-electron chi connectivity index (χ1n) is 13.4. The molecule has 2 fully saturated rings. The summed E-state index contributed by atoms with van der Waals surface area (Å²) >= 11 is 0. The highest BCUT2D eigenvalue weighted by molar-refractivity contribution is 5.95. The van der Waals surface area contributed by atoms with Crippen LogP contribution in [0.25, 0.3) is 16.9 Å². The number of piperazine rings is 1. The van der Waals surface area contributed by atoms with E-state index in [-0.39, 0.29) is 11.6 Å². The van der Waals surface area contributed by atoms with Crippen molar-refractivity contribution >= 4 is 34.7 Å². The van der Waals surface area contributed by atoms with Crippen molar-refractivity contribution in [3.05, 3.63) is 60.0 Å². The number of benzene rings is 1. The number of alkyl halides is 1. The van der Waals surface area contributed by atoms with E-state index in [0.29, 0.717) is 59.4 Å². The highest BCUT2D eigenvalue weighted by Gasteiger charge is 2.39. The molecule has 1 aliphatic heterocycles. The third-order valence-corrected chi connectivity index (χ3v) is 7.17. The summed E-state index contributed by atoms with van der Waals surface area (Å²) < 4.78 is 20.6. The number of halogens is 1. The van der Waals surface area contributed by atoms with Crippen LogP contribution in [0.2, 0.25) is 0 Å². The molecule has 4 N–H and O–H groups in total. The Morgan fingerprint density at radius 1 is 1.10 bits per heavy atom. The molecule has 4 aromatic rings. The number of anilines is 3. The van der Waals surface area contributed by atoms with E-state index in [9.17, 15) is 14.0 Å². The lowest BCUT2D eigenvalue weighted by atomic mass is 10.1. The number of nitrogens with one attached hydrogen (secondary N) is 4. The monoisotopic (exact) mass is 559 g/mol. The molecule has 2 atom stereocenters. The molecule has 0 radical (unpaired) electrons. The molecule has 1 aromatic carbocycles. The van der Waals surface area contributed by atoms with Gasteiger partial charge in [-0.1, -0.05) is 6.07 Å².